The second-order valence-corrected chi connectivity index (χ2v) is 5.18. The summed E-state index contributed by atoms with van der Waals surface area (Å²) in [6.07, 6.45) is 7.36. The Bertz CT molecular complexity index is 362. The molecule has 2 heterocycles. The molecule has 1 aliphatic rings. The van der Waals surface area contributed by atoms with Crippen LogP contribution in [0, 0.1) is 5.92 Å². The molecule has 0 spiro atoms. The average molecular weight is 249 g/mol. The van der Waals surface area contributed by atoms with Crippen molar-refractivity contribution < 1.29 is 0 Å². The molecule has 0 saturated carbocycles. The number of piperidine rings is 1. The summed E-state index contributed by atoms with van der Waals surface area (Å²) in [5, 5.41) is 3.29. The van der Waals surface area contributed by atoms with Gasteiger partial charge in [-0.1, -0.05) is 13.3 Å². The minimum atomic E-state index is 0.462. The molecular weight excluding hydrogens is 226 g/mol. The van der Waals surface area contributed by atoms with Crippen molar-refractivity contribution in [3.05, 3.63) is 12.4 Å². The van der Waals surface area contributed by atoms with Crippen molar-refractivity contribution in [1.29, 1.82) is 0 Å². The highest BCUT2D eigenvalue weighted by Gasteiger charge is 2.13. The predicted molar refractivity (Wildman–Crippen MR) is 74.4 cm³/mol. The van der Waals surface area contributed by atoms with Gasteiger partial charge in [-0.15, -0.1) is 0 Å². The SMILES string of the molecule is CC(CNc1cncc(N)n1)CN1CCCCC1. The van der Waals surface area contributed by atoms with E-state index in [4.69, 9.17) is 5.73 Å². The Balaban J connectivity index is 1.72. The summed E-state index contributed by atoms with van der Waals surface area (Å²) in [5.41, 5.74) is 5.59. The lowest BCUT2D eigenvalue weighted by molar-refractivity contribution is 0.204. The first-order chi connectivity index (χ1) is 8.74. The molecule has 1 unspecified atom stereocenters. The van der Waals surface area contributed by atoms with Crippen LogP contribution < -0.4 is 11.1 Å². The van der Waals surface area contributed by atoms with E-state index in [-0.39, 0.29) is 0 Å². The largest absolute Gasteiger partial charge is 0.382 e. The lowest BCUT2D eigenvalue weighted by Crippen LogP contribution is -2.35. The van der Waals surface area contributed by atoms with Crippen LogP contribution in [0.3, 0.4) is 0 Å². The van der Waals surface area contributed by atoms with E-state index in [0.29, 0.717) is 11.7 Å². The molecule has 1 aromatic heterocycles. The number of likely N-dealkylation sites (tertiary alicyclic amines) is 1. The molecule has 0 radical (unpaired) electrons. The van der Waals surface area contributed by atoms with Gasteiger partial charge in [-0.2, -0.15) is 0 Å². The lowest BCUT2D eigenvalue weighted by atomic mass is 10.1. The molecule has 1 fully saturated rings. The van der Waals surface area contributed by atoms with Crippen LogP contribution in [0.2, 0.25) is 0 Å². The van der Waals surface area contributed by atoms with E-state index in [1.165, 1.54) is 32.4 Å². The summed E-state index contributed by atoms with van der Waals surface area (Å²) in [7, 11) is 0. The molecule has 1 atom stereocenters. The molecule has 5 heteroatoms. The number of rotatable bonds is 5. The van der Waals surface area contributed by atoms with Gasteiger partial charge in [0.25, 0.3) is 0 Å². The standard InChI is InChI=1S/C13H23N5/c1-11(10-18-5-3-2-4-6-18)7-16-13-9-15-8-12(14)17-13/h8-9,11H,2-7,10H2,1H3,(H3,14,16,17). The maximum Gasteiger partial charge on any atom is 0.146 e. The summed E-state index contributed by atoms with van der Waals surface area (Å²) >= 11 is 0. The van der Waals surface area contributed by atoms with Gasteiger partial charge in [0, 0.05) is 13.1 Å². The van der Waals surface area contributed by atoms with Crippen molar-refractivity contribution >= 4 is 11.6 Å². The van der Waals surface area contributed by atoms with Crippen LogP contribution in [0.4, 0.5) is 11.6 Å². The topological polar surface area (TPSA) is 67.1 Å². The summed E-state index contributed by atoms with van der Waals surface area (Å²) in [6, 6.07) is 0. The molecule has 2 rings (SSSR count). The van der Waals surface area contributed by atoms with Crippen LogP contribution in [-0.4, -0.2) is 41.0 Å². The maximum absolute atomic E-state index is 5.59. The number of anilines is 2. The Hall–Kier alpha value is -1.36. The van der Waals surface area contributed by atoms with Crippen LogP contribution in [0.15, 0.2) is 12.4 Å². The number of nitrogen functional groups attached to an aromatic ring is 1. The minimum absolute atomic E-state index is 0.462. The molecular formula is C13H23N5. The third kappa shape index (κ3) is 4.14. The zero-order valence-corrected chi connectivity index (χ0v) is 11.1. The highest BCUT2D eigenvalue weighted by atomic mass is 15.1. The number of nitrogens with one attached hydrogen (secondary N) is 1. The van der Waals surface area contributed by atoms with Crippen molar-refractivity contribution in [2.24, 2.45) is 5.92 Å². The number of hydrogen-bond acceptors (Lipinski definition) is 5. The smallest absolute Gasteiger partial charge is 0.146 e. The normalized spacial score (nSPS) is 18.5. The van der Waals surface area contributed by atoms with Crippen LogP contribution >= 0.6 is 0 Å². The van der Waals surface area contributed by atoms with E-state index in [2.05, 4.69) is 27.1 Å². The molecule has 1 saturated heterocycles. The Kier molecular flexibility index (Phi) is 4.75. The lowest BCUT2D eigenvalue weighted by Gasteiger charge is -2.29. The van der Waals surface area contributed by atoms with E-state index in [0.717, 1.165) is 18.9 Å². The van der Waals surface area contributed by atoms with Crippen LogP contribution in [0.5, 0.6) is 0 Å². The second kappa shape index (κ2) is 6.54. The quantitative estimate of drug-likeness (QED) is 0.829. The summed E-state index contributed by atoms with van der Waals surface area (Å²) in [6.45, 7) is 6.84. The van der Waals surface area contributed by atoms with Crippen molar-refractivity contribution in [2.75, 3.05) is 37.2 Å². The van der Waals surface area contributed by atoms with Gasteiger partial charge in [0.1, 0.15) is 11.6 Å². The van der Waals surface area contributed by atoms with Crippen LogP contribution in [0.1, 0.15) is 26.2 Å². The van der Waals surface area contributed by atoms with Gasteiger partial charge in [-0.3, -0.25) is 4.98 Å². The van der Waals surface area contributed by atoms with E-state index in [1.54, 1.807) is 12.4 Å². The molecule has 18 heavy (non-hydrogen) atoms. The number of nitrogens with two attached hydrogens (primary N) is 1. The highest BCUT2D eigenvalue weighted by molar-refractivity contribution is 5.38. The maximum atomic E-state index is 5.59. The first-order valence-electron chi connectivity index (χ1n) is 6.78. The average Bonchev–Trinajstić information content (AvgIpc) is 2.38. The van der Waals surface area contributed by atoms with Gasteiger partial charge >= 0.3 is 0 Å². The fourth-order valence-corrected chi connectivity index (χ4v) is 2.39. The van der Waals surface area contributed by atoms with Crippen molar-refractivity contribution in [1.82, 2.24) is 14.9 Å². The monoisotopic (exact) mass is 249 g/mol. The fourth-order valence-electron chi connectivity index (χ4n) is 2.39. The van der Waals surface area contributed by atoms with Gasteiger partial charge in [-0.05, 0) is 31.8 Å². The van der Waals surface area contributed by atoms with Gasteiger partial charge in [0.05, 0.1) is 12.4 Å². The molecule has 100 valence electrons. The molecule has 0 aromatic carbocycles. The molecule has 3 N–H and O–H groups in total. The summed E-state index contributed by atoms with van der Waals surface area (Å²) in [4.78, 5) is 10.8. The van der Waals surface area contributed by atoms with E-state index in [9.17, 15) is 0 Å². The predicted octanol–water partition coefficient (Wildman–Crippen LogP) is 1.59. The first kappa shape index (κ1) is 13.1. The minimum Gasteiger partial charge on any atom is -0.382 e. The van der Waals surface area contributed by atoms with E-state index < -0.39 is 0 Å². The summed E-state index contributed by atoms with van der Waals surface area (Å²) in [5.74, 6) is 1.83. The Morgan fingerprint density at radius 1 is 1.33 bits per heavy atom. The molecule has 0 bridgehead atoms. The van der Waals surface area contributed by atoms with E-state index >= 15 is 0 Å². The molecule has 5 nitrogen and oxygen atoms in total. The Morgan fingerprint density at radius 3 is 2.83 bits per heavy atom. The fraction of sp³-hybridized carbons (Fsp3) is 0.692. The number of aromatic nitrogens is 2. The van der Waals surface area contributed by atoms with Crippen molar-refractivity contribution in [2.45, 2.75) is 26.2 Å². The van der Waals surface area contributed by atoms with Gasteiger partial charge in [0.2, 0.25) is 0 Å². The molecule has 1 aliphatic heterocycles. The van der Waals surface area contributed by atoms with Gasteiger partial charge in [0.15, 0.2) is 0 Å². The van der Waals surface area contributed by atoms with Crippen LogP contribution in [-0.2, 0) is 0 Å². The van der Waals surface area contributed by atoms with Gasteiger partial charge < -0.3 is 16.0 Å². The second-order valence-electron chi connectivity index (χ2n) is 5.18. The molecule has 0 aliphatic carbocycles. The molecule has 0 amide bonds. The van der Waals surface area contributed by atoms with E-state index in [1.807, 2.05) is 0 Å². The zero-order valence-electron chi connectivity index (χ0n) is 11.1. The van der Waals surface area contributed by atoms with Crippen LogP contribution in [0.25, 0.3) is 0 Å². The Morgan fingerprint density at radius 2 is 2.11 bits per heavy atom. The Labute approximate surface area is 109 Å². The number of nitrogens with zero attached hydrogens (tertiary/aromatic N) is 3. The first-order valence-corrected chi connectivity index (χ1v) is 6.78. The highest BCUT2D eigenvalue weighted by Crippen LogP contribution is 2.11. The summed E-state index contributed by atoms with van der Waals surface area (Å²) < 4.78 is 0. The number of hydrogen-bond donors (Lipinski definition) is 2. The van der Waals surface area contributed by atoms with Gasteiger partial charge in [-0.25, -0.2) is 4.98 Å². The third-order valence-corrected chi connectivity index (χ3v) is 3.30. The van der Waals surface area contributed by atoms with Crippen molar-refractivity contribution in [3.8, 4) is 0 Å². The third-order valence-electron chi connectivity index (χ3n) is 3.30. The molecule has 1 aromatic rings. The van der Waals surface area contributed by atoms with Crippen molar-refractivity contribution in [3.63, 3.8) is 0 Å². The zero-order chi connectivity index (χ0) is 12.8.